The molecular formula is C24H40O. The van der Waals surface area contributed by atoms with E-state index in [0.29, 0.717) is 5.92 Å². The van der Waals surface area contributed by atoms with Gasteiger partial charge in [0.1, 0.15) is 5.75 Å². The lowest BCUT2D eigenvalue weighted by atomic mass is 9.62. The van der Waals surface area contributed by atoms with Crippen LogP contribution in [0.25, 0.3) is 0 Å². The number of fused-ring (bicyclic) bond motifs is 1. The van der Waals surface area contributed by atoms with Crippen LogP contribution in [0.3, 0.4) is 0 Å². The molecule has 0 saturated heterocycles. The topological polar surface area (TPSA) is 9.23 Å². The molecule has 0 amide bonds. The Morgan fingerprint density at radius 2 is 1.44 bits per heavy atom. The minimum Gasteiger partial charge on any atom is -0.493 e. The smallest absolute Gasteiger partial charge is 0.123 e. The van der Waals surface area contributed by atoms with Crippen LogP contribution in [0.5, 0.6) is 5.75 Å². The van der Waals surface area contributed by atoms with Crippen molar-refractivity contribution in [2.75, 3.05) is 6.61 Å². The van der Waals surface area contributed by atoms with Crippen molar-refractivity contribution in [2.45, 2.75) is 110 Å². The summed E-state index contributed by atoms with van der Waals surface area (Å²) in [5.74, 6) is 1.64. The summed E-state index contributed by atoms with van der Waals surface area (Å²) in [7, 11) is 0. The average Bonchev–Trinajstić information content (AvgIpc) is 2.54. The van der Waals surface area contributed by atoms with Crippen molar-refractivity contribution in [3.05, 3.63) is 28.8 Å². The third kappa shape index (κ3) is 4.80. The lowest BCUT2D eigenvalue weighted by Crippen LogP contribution is -2.34. The maximum atomic E-state index is 6.31. The average molecular weight is 345 g/mol. The number of ether oxygens (including phenoxy) is 1. The fourth-order valence-electron chi connectivity index (χ4n) is 4.07. The number of hydrogen-bond donors (Lipinski definition) is 0. The number of rotatable bonds is 8. The van der Waals surface area contributed by atoms with Gasteiger partial charge in [0.2, 0.25) is 0 Å². The zero-order valence-electron chi connectivity index (χ0n) is 17.8. The van der Waals surface area contributed by atoms with Crippen LogP contribution in [0.1, 0.15) is 116 Å². The summed E-state index contributed by atoms with van der Waals surface area (Å²) in [6, 6.07) is 4.85. The molecule has 1 aliphatic rings. The Labute approximate surface area is 156 Å². The Morgan fingerprint density at radius 3 is 2.00 bits per heavy atom. The Bertz CT molecular complexity index is 566. The summed E-state index contributed by atoms with van der Waals surface area (Å²) in [6.07, 6.45) is 8.96. The van der Waals surface area contributed by atoms with Crippen LogP contribution in [-0.2, 0) is 10.8 Å². The van der Waals surface area contributed by atoms with Gasteiger partial charge >= 0.3 is 0 Å². The second-order valence-corrected chi connectivity index (χ2v) is 9.62. The zero-order valence-corrected chi connectivity index (χ0v) is 17.8. The molecule has 1 aromatic rings. The van der Waals surface area contributed by atoms with Crippen molar-refractivity contribution >= 4 is 0 Å². The van der Waals surface area contributed by atoms with E-state index in [9.17, 15) is 0 Å². The first kappa shape index (κ1) is 20.3. The molecule has 0 radical (unpaired) electrons. The molecule has 25 heavy (non-hydrogen) atoms. The number of benzene rings is 1. The van der Waals surface area contributed by atoms with Crippen LogP contribution < -0.4 is 4.74 Å². The predicted molar refractivity (Wildman–Crippen MR) is 110 cm³/mol. The predicted octanol–water partition coefficient (Wildman–Crippen LogP) is 7.51. The van der Waals surface area contributed by atoms with Crippen molar-refractivity contribution in [1.29, 1.82) is 0 Å². The summed E-state index contributed by atoms with van der Waals surface area (Å²) in [5, 5.41) is 0. The Morgan fingerprint density at radius 1 is 0.880 bits per heavy atom. The summed E-state index contributed by atoms with van der Waals surface area (Å²) >= 11 is 0. The molecule has 1 aromatic carbocycles. The highest BCUT2D eigenvalue weighted by Gasteiger charge is 2.38. The molecule has 0 unspecified atom stereocenters. The lowest BCUT2D eigenvalue weighted by Gasteiger charge is -2.42. The molecule has 0 heterocycles. The van der Waals surface area contributed by atoms with Gasteiger partial charge in [-0.25, -0.2) is 0 Å². The third-order valence-corrected chi connectivity index (χ3v) is 6.11. The van der Waals surface area contributed by atoms with Crippen molar-refractivity contribution in [1.82, 2.24) is 0 Å². The van der Waals surface area contributed by atoms with Gasteiger partial charge in [-0.1, -0.05) is 80.2 Å². The van der Waals surface area contributed by atoms with E-state index in [2.05, 4.69) is 60.6 Å². The summed E-state index contributed by atoms with van der Waals surface area (Å²) in [6.45, 7) is 17.3. The quantitative estimate of drug-likeness (QED) is 0.443. The van der Waals surface area contributed by atoms with E-state index < -0.39 is 0 Å². The van der Waals surface area contributed by atoms with E-state index in [1.54, 1.807) is 5.56 Å². The second-order valence-electron chi connectivity index (χ2n) is 9.62. The molecule has 2 rings (SSSR count). The van der Waals surface area contributed by atoms with Crippen LogP contribution in [0.2, 0.25) is 0 Å². The standard InChI is InChI=1S/C24H40O/c1-8-9-10-11-12-15-25-22-17-21-20(16-19(22)18(2)3)23(4,5)13-14-24(21,6)7/h16-18H,8-15H2,1-7H3. The summed E-state index contributed by atoms with van der Waals surface area (Å²) in [5.41, 5.74) is 4.96. The number of unbranched alkanes of at least 4 members (excludes halogenated alkanes) is 4. The maximum Gasteiger partial charge on any atom is 0.123 e. The van der Waals surface area contributed by atoms with Crippen LogP contribution in [0.15, 0.2) is 12.1 Å². The van der Waals surface area contributed by atoms with Gasteiger partial charge in [0, 0.05) is 0 Å². The first-order valence-corrected chi connectivity index (χ1v) is 10.5. The van der Waals surface area contributed by atoms with Gasteiger partial charge in [-0.3, -0.25) is 0 Å². The van der Waals surface area contributed by atoms with Gasteiger partial charge < -0.3 is 4.74 Å². The minimum atomic E-state index is 0.250. The fraction of sp³-hybridized carbons (Fsp3) is 0.750. The van der Waals surface area contributed by atoms with Crippen LogP contribution in [0.4, 0.5) is 0 Å². The molecule has 1 nitrogen and oxygen atoms in total. The Kier molecular flexibility index (Phi) is 6.62. The molecule has 0 aliphatic heterocycles. The summed E-state index contributed by atoms with van der Waals surface area (Å²) in [4.78, 5) is 0. The van der Waals surface area contributed by atoms with Crippen LogP contribution >= 0.6 is 0 Å². The molecule has 0 N–H and O–H groups in total. The van der Waals surface area contributed by atoms with E-state index in [1.165, 1.54) is 56.1 Å². The first-order valence-electron chi connectivity index (χ1n) is 10.5. The van der Waals surface area contributed by atoms with Crippen molar-refractivity contribution in [3.63, 3.8) is 0 Å². The van der Waals surface area contributed by atoms with Crippen molar-refractivity contribution < 1.29 is 4.74 Å². The minimum absolute atomic E-state index is 0.250. The highest BCUT2D eigenvalue weighted by molar-refractivity contribution is 5.51. The molecule has 0 bridgehead atoms. The molecular weight excluding hydrogens is 304 g/mol. The highest BCUT2D eigenvalue weighted by Crippen LogP contribution is 2.48. The molecule has 1 aliphatic carbocycles. The summed E-state index contributed by atoms with van der Waals surface area (Å²) < 4.78 is 6.31. The van der Waals surface area contributed by atoms with Gasteiger partial charge in [-0.05, 0) is 58.8 Å². The second kappa shape index (κ2) is 8.14. The lowest BCUT2D eigenvalue weighted by molar-refractivity contribution is 0.294. The van der Waals surface area contributed by atoms with Crippen molar-refractivity contribution in [3.8, 4) is 5.75 Å². The van der Waals surface area contributed by atoms with Gasteiger partial charge in [0.05, 0.1) is 6.61 Å². The SMILES string of the molecule is CCCCCCCOc1cc2c(cc1C(C)C)C(C)(C)CCC2(C)C. The van der Waals surface area contributed by atoms with Gasteiger partial charge in [0.25, 0.3) is 0 Å². The highest BCUT2D eigenvalue weighted by atomic mass is 16.5. The monoisotopic (exact) mass is 344 g/mol. The Balaban J connectivity index is 2.24. The van der Waals surface area contributed by atoms with E-state index in [4.69, 9.17) is 4.74 Å². The molecule has 0 aromatic heterocycles. The van der Waals surface area contributed by atoms with Crippen molar-refractivity contribution in [2.24, 2.45) is 0 Å². The molecule has 0 fully saturated rings. The fourth-order valence-corrected chi connectivity index (χ4v) is 4.07. The first-order chi connectivity index (χ1) is 11.7. The van der Waals surface area contributed by atoms with E-state index in [0.717, 1.165) is 12.4 Å². The van der Waals surface area contributed by atoms with Crippen LogP contribution in [-0.4, -0.2) is 6.61 Å². The molecule has 1 heteroatoms. The number of hydrogen-bond acceptors (Lipinski definition) is 1. The molecule has 142 valence electrons. The van der Waals surface area contributed by atoms with E-state index >= 15 is 0 Å². The molecule has 0 spiro atoms. The molecule has 0 saturated carbocycles. The van der Waals surface area contributed by atoms with Crippen LogP contribution in [0, 0.1) is 0 Å². The third-order valence-electron chi connectivity index (χ3n) is 6.11. The molecule has 0 atom stereocenters. The zero-order chi connectivity index (χ0) is 18.7. The normalized spacial score (nSPS) is 18.2. The van der Waals surface area contributed by atoms with Gasteiger partial charge in [-0.15, -0.1) is 0 Å². The van der Waals surface area contributed by atoms with E-state index in [-0.39, 0.29) is 10.8 Å². The van der Waals surface area contributed by atoms with Gasteiger partial charge in [0.15, 0.2) is 0 Å². The maximum absolute atomic E-state index is 6.31. The Hall–Kier alpha value is -0.980. The van der Waals surface area contributed by atoms with E-state index in [1.807, 2.05) is 0 Å². The largest absolute Gasteiger partial charge is 0.493 e. The van der Waals surface area contributed by atoms with Gasteiger partial charge in [-0.2, -0.15) is 0 Å².